The standard InChI is InChI=1S/C19H18FNO4/c1-25-15-9-6-13(7-10-15)12-17(19(23)24)21-18(22)11-8-14-4-2-3-5-16(14)20/h2-11,17H,12H2,1H3,(H,21,22)(H,23,24). The molecule has 0 heterocycles. The minimum absolute atomic E-state index is 0.124. The van der Waals surface area contributed by atoms with Gasteiger partial charge in [-0.1, -0.05) is 30.3 Å². The second kappa shape index (κ2) is 8.63. The molecule has 0 aromatic heterocycles. The molecule has 2 N–H and O–H groups in total. The van der Waals surface area contributed by atoms with Gasteiger partial charge in [-0.25, -0.2) is 9.18 Å². The third-order valence-electron chi connectivity index (χ3n) is 3.53. The molecule has 2 aromatic carbocycles. The fourth-order valence-electron chi connectivity index (χ4n) is 2.19. The lowest BCUT2D eigenvalue weighted by Gasteiger charge is -2.13. The zero-order chi connectivity index (χ0) is 18.2. The molecule has 1 amide bonds. The van der Waals surface area contributed by atoms with Gasteiger partial charge in [-0.05, 0) is 29.8 Å². The number of amides is 1. The highest BCUT2D eigenvalue weighted by molar-refractivity contribution is 5.94. The summed E-state index contributed by atoms with van der Waals surface area (Å²) in [5.41, 5.74) is 0.992. The van der Waals surface area contributed by atoms with Crippen LogP contribution in [0.5, 0.6) is 5.75 Å². The number of halogens is 1. The summed E-state index contributed by atoms with van der Waals surface area (Å²) in [6.45, 7) is 0. The van der Waals surface area contributed by atoms with E-state index < -0.39 is 23.7 Å². The maximum absolute atomic E-state index is 13.5. The number of rotatable bonds is 7. The van der Waals surface area contributed by atoms with E-state index in [4.69, 9.17) is 4.74 Å². The van der Waals surface area contributed by atoms with Gasteiger partial charge >= 0.3 is 5.97 Å². The first kappa shape index (κ1) is 18.2. The largest absolute Gasteiger partial charge is 0.497 e. The van der Waals surface area contributed by atoms with E-state index in [1.807, 2.05) is 0 Å². The second-order valence-corrected chi connectivity index (χ2v) is 5.31. The van der Waals surface area contributed by atoms with E-state index in [-0.39, 0.29) is 12.0 Å². The normalized spacial score (nSPS) is 11.9. The molecule has 1 atom stereocenters. The van der Waals surface area contributed by atoms with Crippen molar-refractivity contribution >= 4 is 18.0 Å². The Morgan fingerprint density at radius 2 is 1.88 bits per heavy atom. The average molecular weight is 343 g/mol. The molecule has 0 aliphatic carbocycles. The predicted octanol–water partition coefficient (Wildman–Crippen LogP) is 2.66. The Labute approximate surface area is 144 Å². The van der Waals surface area contributed by atoms with Crippen LogP contribution >= 0.6 is 0 Å². The smallest absolute Gasteiger partial charge is 0.326 e. The van der Waals surface area contributed by atoms with E-state index in [2.05, 4.69) is 5.32 Å². The minimum atomic E-state index is -1.15. The number of carboxylic acids is 1. The van der Waals surface area contributed by atoms with Crippen molar-refractivity contribution in [1.29, 1.82) is 0 Å². The van der Waals surface area contributed by atoms with E-state index >= 15 is 0 Å². The molecular formula is C19H18FNO4. The van der Waals surface area contributed by atoms with Gasteiger partial charge in [-0.15, -0.1) is 0 Å². The molecule has 6 heteroatoms. The van der Waals surface area contributed by atoms with Crippen LogP contribution in [0.1, 0.15) is 11.1 Å². The van der Waals surface area contributed by atoms with Crippen LogP contribution in [0.3, 0.4) is 0 Å². The molecule has 0 bridgehead atoms. The SMILES string of the molecule is COc1ccc(CC(NC(=O)C=Cc2ccccc2F)C(=O)O)cc1. The average Bonchev–Trinajstić information content (AvgIpc) is 2.61. The van der Waals surface area contributed by atoms with Crippen LogP contribution in [0.15, 0.2) is 54.6 Å². The summed E-state index contributed by atoms with van der Waals surface area (Å²) >= 11 is 0. The lowest BCUT2D eigenvalue weighted by atomic mass is 10.1. The Balaban J connectivity index is 2.01. The van der Waals surface area contributed by atoms with E-state index in [1.54, 1.807) is 36.4 Å². The third-order valence-corrected chi connectivity index (χ3v) is 3.53. The van der Waals surface area contributed by atoms with Gasteiger partial charge in [0.15, 0.2) is 0 Å². The van der Waals surface area contributed by atoms with Crippen LogP contribution in [0.2, 0.25) is 0 Å². The van der Waals surface area contributed by atoms with Gasteiger partial charge in [0, 0.05) is 18.1 Å². The number of methoxy groups -OCH3 is 1. The minimum Gasteiger partial charge on any atom is -0.497 e. The predicted molar refractivity (Wildman–Crippen MR) is 91.7 cm³/mol. The van der Waals surface area contributed by atoms with Crippen molar-refractivity contribution in [3.63, 3.8) is 0 Å². The van der Waals surface area contributed by atoms with Gasteiger partial charge in [0.1, 0.15) is 17.6 Å². The highest BCUT2D eigenvalue weighted by Crippen LogP contribution is 2.13. The summed E-state index contributed by atoms with van der Waals surface area (Å²) in [5, 5.41) is 11.7. The fraction of sp³-hybridized carbons (Fsp3) is 0.158. The Kier molecular flexibility index (Phi) is 6.28. The Morgan fingerprint density at radius 1 is 1.20 bits per heavy atom. The molecule has 2 rings (SSSR count). The first-order chi connectivity index (χ1) is 12.0. The summed E-state index contributed by atoms with van der Waals surface area (Å²) in [6, 6.07) is 11.8. The van der Waals surface area contributed by atoms with Crippen LogP contribution in [0.25, 0.3) is 6.08 Å². The topological polar surface area (TPSA) is 75.6 Å². The number of nitrogens with one attached hydrogen (secondary N) is 1. The molecule has 2 aromatic rings. The summed E-state index contributed by atoms with van der Waals surface area (Å²) in [5.74, 6) is -1.56. The Bertz CT molecular complexity index is 771. The Hall–Kier alpha value is -3.15. The van der Waals surface area contributed by atoms with Crippen LogP contribution in [-0.2, 0) is 16.0 Å². The number of carboxylic acid groups (broad SMARTS) is 1. The van der Waals surface area contributed by atoms with Crippen LogP contribution in [-0.4, -0.2) is 30.1 Å². The first-order valence-corrected chi connectivity index (χ1v) is 7.58. The van der Waals surface area contributed by atoms with Gasteiger partial charge in [-0.3, -0.25) is 4.79 Å². The van der Waals surface area contributed by atoms with E-state index in [9.17, 15) is 19.1 Å². The molecule has 0 saturated carbocycles. The maximum Gasteiger partial charge on any atom is 0.326 e. The number of hydrogen-bond donors (Lipinski definition) is 2. The van der Waals surface area contributed by atoms with E-state index in [0.29, 0.717) is 5.75 Å². The van der Waals surface area contributed by atoms with Gasteiger partial charge in [0.05, 0.1) is 7.11 Å². The van der Waals surface area contributed by atoms with Crippen LogP contribution in [0, 0.1) is 5.82 Å². The highest BCUT2D eigenvalue weighted by Gasteiger charge is 2.19. The molecule has 5 nitrogen and oxygen atoms in total. The van der Waals surface area contributed by atoms with Crippen LogP contribution < -0.4 is 10.1 Å². The fourth-order valence-corrected chi connectivity index (χ4v) is 2.19. The number of hydrogen-bond acceptors (Lipinski definition) is 3. The lowest BCUT2D eigenvalue weighted by Crippen LogP contribution is -2.41. The molecule has 1 unspecified atom stereocenters. The number of aliphatic carboxylic acids is 1. The van der Waals surface area contributed by atoms with Crippen molar-refractivity contribution in [2.24, 2.45) is 0 Å². The van der Waals surface area contributed by atoms with Gasteiger partial charge in [0.25, 0.3) is 0 Å². The summed E-state index contributed by atoms with van der Waals surface area (Å²) in [7, 11) is 1.54. The van der Waals surface area contributed by atoms with Crippen molar-refractivity contribution in [3.05, 3.63) is 71.6 Å². The highest BCUT2D eigenvalue weighted by atomic mass is 19.1. The molecule has 0 aliphatic rings. The van der Waals surface area contributed by atoms with Crippen molar-refractivity contribution < 1.29 is 23.8 Å². The third kappa shape index (κ3) is 5.46. The van der Waals surface area contributed by atoms with Crippen molar-refractivity contribution in [1.82, 2.24) is 5.32 Å². The lowest BCUT2D eigenvalue weighted by molar-refractivity contribution is -0.141. The molecule has 0 radical (unpaired) electrons. The number of benzene rings is 2. The van der Waals surface area contributed by atoms with Crippen molar-refractivity contribution in [2.45, 2.75) is 12.5 Å². The van der Waals surface area contributed by atoms with Gasteiger partial charge in [-0.2, -0.15) is 0 Å². The molecule has 25 heavy (non-hydrogen) atoms. The van der Waals surface area contributed by atoms with Crippen molar-refractivity contribution in [2.75, 3.05) is 7.11 Å². The molecule has 0 aliphatic heterocycles. The van der Waals surface area contributed by atoms with Crippen molar-refractivity contribution in [3.8, 4) is 5.75 Å². The van der Waals surface area contributed by atoms with Crippen LogP contribution in [0.4, 0.5) is 4.39 Å². The monoisotopic (exact) mass is 343 g/mol. The molecule has 0 saturated heterocycles. The molecule has 0 fully saturated rings. The number of ether oxygens (including phenoxy) is 1. The Morgan fingerprint density at radius 3 is 2.48 bits per heavy atom. The number of carbonyl (C=O) groups is 2. The first-order valence-electron chi connectivity index (χ1n) is 7.58. The zero-order valence-electron chi connectivity index (χ0n) is 13.6. The molecule has 130 valence electrons. The number of carbonyl (C=O) groups excluding carboxylic acids is 1. The quantitative estimate of drug-likeness (QED) is 0.758. The van der Waals surface area contributed by atoms with Gasteiger partial charge in [0.2, 0.25) is 5.91 Å². The maximum atomic E-state index is 13.5. The van der Waals surface area contributed by atoms with Gasteiger partial charge < -0.3 is 15.2 Å². The summed E-state index contributed by atoms with van der Waals surface area (Å²) < 4.78 is 18.5. The summed E-state index contributed by atoms with van der Waals surface area (Å²) in [6.07, 6.45) is 2.54. The van der Waals surface area contributed by atoms with E-state index in [0.717, 1.165) is 11.6 Å². The summed E-state index contributed by atoms with van der Waals surface area (Å²) in [4.78, 5) is 23.3. The second-order valence-electron chi connectivity index (χ2n) is 5.31. The molecular weight excluding hydrogens is 325 g/mol. The zero-order valence-corrected chi connectivity index (χ0v) is 13.6. The molecule has 0 spiro atoms. The van der Waals surface area contributed by atoms with E-state index in [1.165, 1.54) is 25.3 Å².